The van der Waals surface area contributed by atoms with Crippen LogP contribution in [0, 0.1) is 0 Å². The quantitative estimate of drug-likeness (QED) is 0.324. The molecule has 0 radical (unpaired) electrons. The van der Waals surface area contributed by atoms with Gasteiger partial charge in [0, 0.05) is 12.1 Å². The maximum atomic E-state index is 12.5. The maximum Gasteiger partial charge on any atom is 0.229 e. The van der Waals surface area contributed by atoms with Crippen molar-refractivity contribution >= 4 is 5.78 Å². The largest absolute Gasteiger partial charge is 0.508 e. The van der Waals surface area contributed by atoms with Crippen LogP contribution in [0.15, 0.2) is 30.3 Å². The first-order valence-corrected chi connectivity index (χ1v) is 9.75. The summed E-state index contributed by atoms with van der Waals surface area (Å²) in [5.41, 5.74) is 0.358. The van der Waals surface area contributed by atoms with Crippen molar-refractivity contribution in [3.05, 3.63) is 41.5 Å². The lowest BCUT2D eigenvalue weighted by Crippen LogP contribution is -2.60. The monoisotopic (exact) mass is 450 g/mol. The Bertz CT molecular complexity index is 1020. The predicted octanol–water partition coefficient (Wildman–Crippen LogP) is -0.311. The van der Waals surface area contributed by atoms with Gasteiger partial charge in [0.1, 0.15) is 53.3 Å². The summed E-state index contributed by atoms with van der Waals surface area (Å²) in [6.45, 7) is -0.630. The molecule has 2 aromatic carbocycles. The van der Waals surface area contributed by atoms with Crippen molar-refractivity contribution in [2.24, 2.45) is 0 Å². The zero-order valence-electron chi connectivity index (χ0n) is 16.5. The van der Waals surface area contributed by atoms with Crippen LogP contribution in [0.25, 0.3) is 0 Å². The number of aromatic hydroxyl groups is 3. The van der Waals surface area contributed by atoms with Gasteiger partial charge in [-0.1, -0.05) is 6.07 Å². The lowest BCUT2D eigenvalue weighted by atomic mass is 9.95. The van der Waals surface area contributed by atoms with Gasteiger partial charge in [-0.05, 0) is 17.7 Å². The van der Waals surface area contributed by atoms with Crippen molar-refractivity contribution in [3.63, 3.8) is 0 Å². The number of hydrogen-bond acceptors (Lipinski definition) is 11. The number of aliphatic hydroxyl groups excluding tert-OH is 4. The Morgan fingerprint density at radius 1 is 0.969 bits per heavy atom. The number of hydrogen-bond donors (Lipinski definition) is 7. The first-order valence-electron chi connectivity index (χ1n) is 9.75. The van der Waals surface area contributed by atoms with Crippen molar-refractivity contribution in [1.82, 2.24) is 0 Å². The molecule has 2 heterocycles. The third-order valence-electron chi connectivity index (χ3n) is 5.43. The van der Waals surface area contributed by atoms with Crippen molar-refractivity contribution in [1.29, 1.82) is 0 Å². The highest BCUT2D eigenvalue weighted by Gasteiger charge is 2.45. The maximum absolute atomic E-state index is 12.5. The zero-order chi connectivity index (χ0) is 23.2. The number of carbonyl (C=O) groups excluding carboxylic acids is 1. The Morgan fingerprint density at radius 3 is 2.41 bits per heavy atom. The van der Waals surface area contributed by atoms with Crippen LogP contribution in [0.5, 0.6) is 28.7 Å². The number of phenols is 3. The van der Waals surface area contributed by atoms with E-state index in [2.05, 4.69) is 0 Å². The summed E-state index contributed by atoms with van der Waals surface area (Å²) >= 11 is 0. The van der Waals surface area contributed by atoms with Gasteiger partial charge in [0.25, 0.3) is 0 Å². The topological polar surface area (TPSA) is 186 Å². The van der Waals surface area contributed by atoms with E-state index in [9.17, 15) is 40.5 Å². The minimum Gasteiger partial charge on any atom is -0.508 e. The van der Waals surface area contributed by atoms with Gasteiger partial charge in [-0.3, -0.25) is 4.79 Å². The number of fused-ring (bicyclic) bond motifs is 1. The molecule has 2 aliphatic rings. The molecule has 0 saturated carbocycles. The molecule has 4 rings (SSSR count). The number of Topliss-reactive ketones (excluding diaryl/α,β-unsaturated/α-hetero) is 1. The van der Waals surface area contributed by atoms with Gasteiger partial charge in [0.15, 0.2) is 17.3 Å². The van der Waals surface area contributed by atoms with Crippen LogP contribution in [0.1, 0.15) is 28.4 Å². The number of ketones is 1. The van der Waals surface area contributed by atoms with Crippen molar-refractivity contribution < 1.29 is 54.8 Å². The van der Waals surface area contributed by atoms with Crippen molar-refractivity contribution in [3.8, 4) is 28.7 Å². The summed E-state index contributed by atoms with van der Waals surface area (Å²) in [5, 5.41) is 68.9. The summed E-state index contributed by atoms with van der Waals surface area (Å²) < 4.78 is 16.4. The number of phenolic OH excluding ortho intramolecular Hbond substituents is 3. The van der Waals surface area contributed by atoms with E-state index in [4.69, 9.17) is 14.2 Å². The normalized spacial score (nSPS) is 29.8. The molecule has 32 heavy (non-hydrogen) atoms. The van der Waals surface area contributed by atoms with E-state index in [1.54, 1.807) is 0 Å². The minimum absolute atomic E-state index is 0.00452. The molecule has 11 nitrogen and oxygen atoms in total. The van der Waals surface area contributed by atoms with Crippen molar-refractivity contribution in [2.45, 2.75) is 43.2 Å². The molecule has 7 N–H and O–H groups in total. The summed E-state index contributed by atoms with van der Waals surface area (Å²) in [7, 11) is 0. The molecule has 11 heteroatoms. The molecule has 2 aromatic rings. The lowest BCUT2D eigenvalue weighted by Gasteiger charge is -2.39. The number of rotatable bonds is 4. The fourth-order valence-corrected chi connectivity index (χ4v) is 3.74. The third-order valence-corrected chi connectivity index (χ3v) is 5.43. The summed E-state index contributed by atoms with van der Waals surface area (Å²) in [6, 6.07) is 6.33. The molecule has 0 bridgehead atoms. The van der Waals surface area contributed by atoms with Crippen LogP contribution in [-0.2, 0) is 4.74 Å². The number of carbonyl (C=O) groups is 1. The molecule has 1 unspecified atom stereocenters. The highest BCUT2D eigenvalue weighted by molar-refractivity contribution is 6.02. The SMILES string of the molecule is O=C1CC(c2ccc(O[C@@H]3O[C@H](CO)[C@@H](O)[C@H](O)[C@H]3O)c(O)c2)Oc2cc(O)cc(O)c21. The Hall–Kier alpha value is -3.09. The first kappa shape index (κ1) is 22.1. The summed E-state index contributed by atoms with van der Waals surface area (Å²) in [5.74, 6) is -1.59. The van der Waals surface area contributed by atoms with Gasteiger partial charge in [0.2, 0.25) is 6.29 Å². The minimum atomic E-state index is -1.65. The Kier molecular flexibility index (Phi) is 5.84. The van der Waals surface area contributed by atoms with E-state index in [1.165, 1.54) is 24.3 Å². The van der Waals surface area contributed by atoms with Gasteiger partial charge in [-0.15, -0.1) is 0 Å². The number of aliphatic hydroxyl groups is 4. The summed E-state index contributed by atoms with van der Waals surface area (Å²) in [6.07, 6.45) is -8.43. The van der Waals surface area contributed by atoms with Crippen LogP contribution in [-0.4, -0.2) is 78.8 Å². The fourth-order valence-electron chi connectivity index (χ4n) is 3.74. The van der Waals surface area contributed by atoms with Gasteiger partial charge < -0.3 is 50.0 Å². The van der Waals surface area contributed by atoms with E-state index >= 15 is 0 Å². The summed E-state index contributed by atoms with van der Waals surface area (Å²) in [4.78, 5) is 12.5. The molecule has 1 saturated heterocycles. The number of benzene rings is 2. The zero-order valence-corrected chi connectivity index (χ0v) is 16.5. The van der Waals surface area contributed by atoms with Gasteiger partial charge in [0.05, 0.1) is 13.0 Å². The molecule has 0 spiro atoms. The van der Waals surface area contributed by atoms with Gasteiger partial charge >= 0.3 is 0 Å². The average Bonchev–Trinajstić information content (AvgIpc) is 2.74. The first-order chi connectivity index (χ1) is 15.2. The average molecular weight is 450 g/mol. The second-order valence-corrected chi connectivity index (χ2v) is 7.61. The van der Waals surface area contributed by atoms with Crippen LogP contribution in [0.2, 0.25) is 0 Å². The van der Waals surface area contributed by atoms with Gasteiger partial charge in [-0.2, -0.15) is 0 Å². The van der Waals surface area contributed by atoms with Crippen LogP contribution in [0.4, 0.5) is 0 Å². The van der Waals surface area contributed by atoms with Crippen LogP contribution in [0.3, 0.4) is 0 Å². The highest BCUT2D eigenvalue weighted by Crippen LogP contribution is 2.43. The number of ether oxygens (including phenoxy) is 3. The predicted molar refractivity (Wildman–Crippen MR) is 105 cm³/mol. The van der Waals surface area contributed by atoms with Crippen LogP contribution >= 0.6 is 0 Å². The second-order valence-electron chi connectivity index (χ2n) is 7.61. The molecule has 0 amide bonds. The highest BCUT2D eigenvalue weighted by atomic mass is 16.7. The molecule has 0 aromatic heterocycles. The molecule has 6 atom stereocenters. The van der Waals surface area contributed by atoms with E-state index in [0.29, 0.717) is 5.56 Å². The Morgan fingerprint density at radius 2 is 1.72 bits per heavy atom. The van der Waals surface area contributed by atoms with Gasteiger partial charge in [-0.25, -0.2) is 0 Å². The van der Waals surface area contributed by atoms with E-state index < -0.39 is 54.9 Å². The van der Waals surface area contributed by atoms with Crippen LogP contribution < -0.4 is 9.47 Å². The van der Waals surface area contributed by atoms with E-state index in [-0.39, 0.29) is 35.0 Å². The Labute approximate surface area is 181 Å². The Balaban J connectivity index is 1.53. The van der Waals surface area contributed by atoms with E-state index in [1.807, 2.05) is 0 Å². The third kappa shape index (κ3) is 3.92. The second kappa shape index (κ2) is 8.45. The van der Waals surface area contributed by atoms with Crippen molar-refractivity contribution in [2.75, 3.05) is 6.61 Å². The fraction of sp³-hybridized carbons (Fsp3) is 0.381. The molecular formula is C21H22O11. The van der Waals surface area contributed by atoms with E-state index in [0.717, 1.165) is 6.07 Å². The molecular weight excluding hydrogens is 428 g/mol. The smallest absolute Gasteiger partial charge is 0.229 e. The molecule has 172 valence electrons. The standard InChI is InChI=1S/C21H22O11/c22-7-16-18(27)19(28)20(29)21(32-16)31-13-2-1-8(3-10(13)24)14-6-12(26)17-11(25)4-9(23)5-15(17)30-14/h1-5,14,16,18-25,27-29H,6-7H2/t14?,16-,18-,19+,20-,21-/m1/s1. The molecule has 2 aliphatic heterocycles. The molecule has 0 aliphatic carbocycles. The lowest BCUT2D eigenvalue weighted by molar-refractivity contribution is -0.277. The molecule has 1 fully saturated rings.